The molecule has 2 N–H and O–H groups in total. The zero-order valence-electron chi connectivity index (χ0n) is 16.5. The standard InChI is InChI=1S/C20H32N4O2.HI/c1-3-21-20(22-10-6-16-8-12-24(2)13-9-16)23-11-7-17-4-5-18-19(14-17)26-15-25-18;/h4-5,14,16H,3,6-13,15H2,1-2H3,(H2,21,22,23);1H. The van der Waals surface area contributed by atoms with Crippen molar-refractivity contribution in [3.05, 3.63) is 23.8 Å². The molecule has 152 valence electrons. The maximum absolute atomic E-state index is 5.44. The van der Waals surface area contributed by atoms with Crippen molar-refractivity contribution >= 4 is 29.9 Å². The van der Waals surface area contributed by atoms with Crippen molar-refractivity contribution < 1.29 is 9.47 Å². The van der Waals surface area contributed by atoms with Crippen molar-refractivity contribution in [2.24, 2.45) is 10.9 Å². The van der Waals surface area contributed by atoms with Gasteiger partial charge in [0.05, 0.1) is 0 Å². The zero-order valence-corrected chi connectivity index (χ0v) is 18.8. The molecule has 0 aromatic heterocycles. The maximum atomic E-state index is 5.44. The van der Waals surface area contributed by atoms with E-state index in [1.807, 2.05) is 6.07 Å². The molecular formula is C20H33IN4O2. The lowest BCUT2D eigenvalue weighted by Gasteiger charge is -2.28. The molecule has 2 heterocycles. The normalized spacial score (nSPS) is 17.5. The molecule has 1 aromatic rings. The van der Waals surface area contributed by atoms with E-state index >= 15 is 0 Å². The van der Waals surface area contributed by atoms with Crippen LogP contribution >= 0.6 is 24.0 Å². The minimum Gasteiger partial charge on any atom is -0.454 e. The third-order valence-corrected chi connectivity index (χ3v) is 5.13. The Hall–Kier alpha value is -1.22. The van der Waals surface area contributed by atoms with E-state index < -0.39 is 0 Å². The molecule has 0 unspecified atom stereocenters. The molecule has 0 radical (unpaired) electrons. The summed E-state index contributed by atoms with van der Waals surface area (Å²) in [5.41, 5.74) is 1.24. The molecule has 2 aliphatic heterocycles. The third kappa shape index (κ3) is 7.03. The van der Waals surface area contributed by atoms with E-state index in [0.29, 0.717) is 6.79 Å². The lowest BCUT2D eigenvalue weighted by Crippen LogP contribution is -2.38. The Morgan fingerprint density at radius 3 is 2.74 bits per heavy atom. The highest BCUT2D eigenvalue weighted by Crippen LogP contribution is 2.32. The van der Waals surface area contributed by atoms with Gasteiger partial charge in [0.25, 0.3) is 0 Å². The fourth-order valence-corrected chi connectivity index (χ4v) is 3.47. The molecule has 6 nitrogen and oxygen atoms in total. The van der Waals surface area contributed by atoms with Gasteiger partial charge in [0.15, 0.2) is 17.5 Å². The Labute approximate surface area is 180 Å². The van der Waals surface area contributed by atoms with Crippen LogP contribution < -0.4 is 20.1 Å². The van der Waals surface area contributed by atoms with Crippen molar-refractivity contribution in [1.82, 2.24) is 15.5 Å². The van der Waals surface area contributed by atoms with Gasteiger partial charge in [-0.2, -0.15) is 0 Å². The fourth-order valence-electron chi connectivity index (χ4n) is 3.47. The molecule has 1 saturated heterocycles. The first-order chi connectivity index (χ1) is 12.7. The van der Waals surface area contributed by atoms with Gasteiger partial charge < -0.3 is 25.0 Å². The molecule has 0 bridgehead atoms. The van der Waals surface area contributed by atoms with Crippen LogP contribution in [0.4, 0.5) is 0 Å². The van der Waals surface area contributed by atoms with Gasteiger partial charge in [-0.15, -0.1) is 24.0 Å². The SMILES string of the molecule is CCNC(=NCCC1CCN(C)CC1)NCCc1ccc2c(c1)OCO2.I. The van der Waals surface area contributed by atoms with Crippen LogP contribution in [0.3, 0.4) is 0 Å². The number of ether oxygens (including phenoxy) is 2. The first-order valence-corrected chi connectivity index (χ1v) is 9.84. The summed E-state index contributed by atoms with van der Waals surface area (Å²) in [5.74, 6) is 3.43. The van der Waals surface area contributed by atoms with Crippen molar-refractivity contribution in [3.63, 3.8) is 0 Å². The van der Waals surface area contributed by atoms with Gasteiger partial charge in [0.2, 0.25) is 6.79 Å². The summed E-state index contributed by atoms with van der Waals surface area (Å²) in [4.78, 5) is 7.17. The summed E-state index contributed by atoms with van der Waals surface area (Å²) >= 11 is 0. The molecule has 1 aromatic carbocycles. The van der Waals surface area contributed by atoms with Gasteiger partial charge in [-0.1, -0.05) is 6.07 Å². The summed E-state index contributed by atoms with van der Waals surface area (Å²) < 4.78 is 10.8. The first kappa shape index (κ1) is 22.1. The Bertz CT molecular complexity index is 604. The lowest BCUT2D eigenvalue weighted by molar-refractivity contribution is 0.174. The summed E-state index contributed by atoms with van der Waals surface area (Å²) in [6.07, 6.45) is 4.72. The number of likely N-dealkylation sites (tertiary alicyclic amines) is 1. The quantitative estimate of drug-likeness (QED) is 0.351. The van der Waals surface area contributed by atoms with Crippen LogP contribution in [0.25, 0.3) is 0 Å². The monoisotopic (exact) mass is 488 g/mol. The average Bonchev–Trinajstić information content (AvgIpc) is 3.11. The number of benzene rings is 1. The summed E-state index contributed by atoms with van der Waals surface area (Å²) in [6.45, 7) is 7.50. The van der Waals surface area contributed by atoms with Crippen LogP contribution in [0.2, 0.25) is 0 Å². The number of rotatable bonds is 7. The highest BCUT2D eigenvalue weighted by molar-refractivity contribution is 14.0. The zero-order chi connectivity index (χ0) is 18.2. The number of nitrogens with one attached hydrogen (secondary N) is 2. The molecule has 0 saturated carbocycles. The number of fused-ring (bicyclic) bond motifs is 1. The molecular weight excluding hydrogens is 455 g/mol. The molecule has 2 aliphatic rings. The van der Waals surface area contributed by atoms with Crippen molar-refractivity contribution in [3.8, 4) is 11.5 Å². The van der Waals surface area contributed by atoms with E-state index in [0.717, 1.165) is 49.4 Å². The second-order valence-corrected chi connectivity index (χ2v) is 7.16. The van der Waals surface area contributed by atoms with Crippen LogP contribution in [-0.2, 0) is 6.42 Å². The van der Waals surface area contributed by atoms with Gasteiger partial charge in [-0.25, -0.2) is 0 Å². The molecule has 27 heavy (non-hydrogen) atoms. The van der Waals surface area contributed by atoms with Crippen LogP contribution in [0.5, 0.6) is 11.5 Å². The average molecular weight is 488 g/mol. The molecule has 0 atom stereocenters. The summed E-state index contributed by atoms with van der Waals surface area (Å²) in [5, 5.41) is 6.78. The van der Waals surface area contributed by atoms with Crippen molar-refractivity contribution in [1.29, 1.82) is 0 Å². The van der Waals surface area contributed by atoms with Gasteiger partial charge >= 0.3 is 0 Å². The number of hydrogen-bond donors (Lipinski definition) is 2. The van der Waals surface area contributed by atoms with E-state index in [9.17, 15) is 0 Å². The van der Waals surface area contributed by atoms with Crippen LogP contribution in [0.15, 0.2) is 23.2 Å². The number of piperidine rings is 1. The summed E-state index contributed by atoms with van der Waals surface area (Å²) in [6, 6.07) is 6.14. The number of nitrogens with zero attached hydrogens (tertiary/aromatic N) is 2. The number of aliphatic imine (C=N–C) groups is 1. The number of halogens is 1. The third-order valence-electron chi connectivity index (χ3n) is 5.13. The first-order valence-electron chi connectivity index (χ1n) is 9.84. The van der Waals surface area contributed by atoms with Gasteiger partial charge in [0.1, 0.15) is 0 Å². The van der Waals surface area contributed by atoms with Gasteiger partial charge in [-0.3, -0.25) is 4.99 Å². The van der Waals surface area contributed by atoms with Gasteiger partial charge in [-0.05, 0) is 76.4 Å². The van der Waals surface area contributed by atoms with Crippen LogP contribution in [0, 0.1) is 5.92 Å². The van der Waals surface area contributed by atoms with E-state index in [1.54, 1.807) is 0 Å². The van der Waals surface area contributed by atoms with E-state index in [-0.39, 0.29) is 24.0 Å². The predicted octanol–water partition coefficient (Wildman–Crippen LogP) is 2.86. The molecule has 0 amide bonds. The Morgan fingerprint density at radius 2 is 1.96 bits per heavy atom. The molecule has 0 aliphatic carbocycles. The number of guanidine groups is 1. The Kier molecular flexibility index (Phi) is 9.47. The number of hydrogen-bond acceptors (Lipinski definition) is 4. The molecule has 7 heteroatoms. The van der Waals surface area contributed by atoms with Crippen LogP contribution in [-0.4, -0.2) is 57.4 Å². The van der Waals surface area contributed by atoms with E-state index in [2.05, 4.69) is 41.6 Å². The molecule has 1 fully saturated rings. The van der Waals surface area contributed by atoms with Gasteiger partial charge in [0, 0.05) is 19.6 Å². The topological polar surface area (TPSA) is 58.1 Å². The molecule has 3 rings (SSSR count). The minimum atomic E-state index is 0. The fraction of sp³-hybridized carbons (Fsp3) is 0.650. The second kappa shape index (κ2) is 11.6. The molecule has 0 spiro atoms. The Morgan fingerprint density at radius 1 is 1.19 bits per heavy atom. The maximum Gasteiger partial charge on any atom is 0.231 e. The van der Waals surface area contributed by atoms with E-state index in [4.69, 9.17) is 14.5 Å². The Balaban J connectivity index is 0.00000261. The van der Waals surface area contributed by atoms with Crippen molar-refractivity contribution in [2.45, 2.75) is 32.6 Å². The summed E-state index contributed by atoms with van der Waals surface area (Å²) in [7, 11) is 2.21. The second-order valence-electron chi connectivity index (χ2n) is 7.16. The highest BCUT2D eigenvalue weighted by atomic mass is 127. The minimum absolute atomic E-state index is 0. The highest BCUT2D eigenvalue weighted by Gasteiger charge is 2.16. The largest absolute Gasteiger partial charge is 0.454 e. The van der Waals surface area contributed by atoms with Crippen LogP contribution in [0.1, 0.15) is 31.7 Å². The lowest BCUT2D eigenvalue weighted by atomic mass is 9.94. The van der Waals surface area contributed by atoms with Crippen molar-refractivity contribution in [2.75, 3.05) is 46.6 Å². The van der Waals surface area contributed by atoms with E-state index in [1.165, 1.54) is 37.9 Å². The predicted molar refractivity (Wildman–Crippen MR) is 121 cm³/mol. The smallest absolute Gasteiger partial charge is 0.231 e.